The standard InChI is InChI=1S/C18H13NO3/c20-14-8-5-12(6-9-14)16-10-7-13(11-19-16)18(22)15-3-1-2-4-17(15)21/h1-11,20-21H. The van der Waals surface area contributed by atoms with Crippen LogP contribution in [0.5, 0.6) is 11.5 Å². The SMILES string of the molecule is O=C(c1ccc(-c2ccc(O)cc2)nc1)c1ccccc1O. The van der Waals surface area contributed by atoms with Gasteiger partial charge in [-0.2, -0.15) is 0 Å². The summed E-state index contributed by atoms with van der Waals surface area (Å²) in [5, 5.41) is 19.0. The van der Waals surface area contributed by atoms with Crippen LogP contribution in [0.25, 0.3) is 11.3 Å². The monoisotopic (exact) mass is 291 g/mol. The lowest BCUT2D eigenvalue weighted by atomic mass is 10.0. The van der Waals surface area contributed by atoms with Crippen LogP contribution in [0.2, 0.25) is 0 Å². The highest BCUT2D eigenvalue weighted by Crippen LogP contribution is 2.22. The Bertz CT molecular complexity index is 808. The zero-order chi connectivity index (χ0) is 15.5. The molecule has 1 aromatic heterocycles. The number of pyridine rings is 1. The van der Waals surface area contributed by atoms with Crippen molar-refractivity contribution >= 4 is 5.78 Å². The molecule has 0 aliphatic carbocycles. The smallest absolute Gasteiger partial charge is 0.198 e. The summed E-state index contributed by atoms with van der Waals surface area (Å²) < 4.78 is 0. The number of carbonyl (C=O) groups is 1. The number of aromatic hydroxyl groups is 2. The summed E-state index contributed by atoms with van der Waals surface area (Å²) in [5.41, 5.74) is 2.21. The van der Waals surface area contributed by atoms with Gasteiger partial charge < -0.3 is 10.2 Å². The number of benzene rings is 2. The third-order valence-corrected chi connectivity index (χ3v) is 3.34. The molecule has 4 heteroatoms. The lowest BCUT2D eigenvalue weighted by Crippen LogP contribution is -2.02. The van der Waals surface area contributed by atoms with Gasteiger partial charge in [-0.15, -0.1) is 0 Å². The number of phenolic OH excluding ortho intramolecular Hbond substituents is 2. The second-order valence-corrected chi connectivity index (χ2v) is 4.83. The van der Waals surface area contributed by atoms with Crippen LogP contribution in [0.4, 0.5) is 0 Å². The predicted molar refractivity (Wildman–Crippen MR) is 82.9 cm³/mol. The van der Waals surface area contributed by atoms with Crippen molar-refractivity contribution in [2.24, 2.45) is 0 Å². The van der Waals surface area contributed by atoms with Gasteiger partial charge >= 0.3 is 0 Å². The molecule has 0 radical (unpaired) electrons. The molecule has 0 aliphatic rings. The molecule has 0 spiro atoms. The van der Waals surface area contributed by atoms with E-state index in [0.717, 1.165) is 5.56 Å². The van der Waals surface area contributed by atoms with E-state index in [1.54, 1.807) is 54.6 Å². The molecular weight excluding hydrogens is 278 g/mol. The molecule has 0 bridgehead atoms. The van der Waals surface area contributed by atoms with Gasteiger partial charge in [0.05, 0.1) is 11.3 Å². The molecular formula is C18H13NO3. The fraction of sp³-hybridized carbons (Fsp3) is 0. The Kier molecular flexibility index (Phi) is 3.58. The van der Waals surface area contributed by atoms with Crippen LogP contribution in [0.15, 0.2) is 66.9 Å². The number of hydrogen-bond donors (Lipinski definition) is 2. The second kappa shape index (κ2) is 5.69. The summed E-state index contributed by atoms with van der Waals surface area (Å²) >= 11 is 0. The molecule has 0 amide bonds. The van der Waals surface area contributed by atoms with Crippen LogP contribution in [-0.2, 0) is 0 Å². The highest BCUT2D eigenvalue weighted by atomic mass is 16.3. The number of carbonyl (C=O) groups excluding carboxylic acids is 1. The van der Waals surface area contributed by atoms with Gasteiger partial charge in [-0.05, 0) is 48.5 Å². The van der Waals surface area contributed by atoms with Crippen LogP contribution in [0.3, 0.4) is 0 Å². The fourth-order valence-electron chi connectivity index (χ4n) is 2.15. The molecule has 3 aromatic rings. The Balaban J connectivity index is 1.90. The topological polar surface area (TPSA) is 70.4 Å². The van der Waals surface area contributed by atoms with E-state index in [1.807, 2.05) is 0 Å². The zero-order valence-corrected chi connectivity index (χ0v) is 11.6. The highest BCUT2D eigenvalue weighted by Gasteiger charge is 2.13. The number of rotatable bonds is 3. The molecule has 2 N–H and O–H groups in total. The molecule has 4 nitrogen and oxygen atoms in total. The molecule has 0 atom stereocenters. The maximum Gasteiger partial charge on any atom is 0.198 e. The Hall–Kier alpha value is -3.14. The quantitative estimate of drug-likeness (QED) is 0.726. The average Bonchev–Trinajstić information content (AvgIpc) is 2.56. The maximum absolute atomic E-state index is 12.3. The van der Waals surface area contributed by atoms with Crippen molar-refractivity contribution in [3.63, 3.8) is 0 Å². The summed E-state index contributed by atoms with van der Waals surface area (Å²) in [6.45, 7) is 0. The van der Waals surface area contributed by atoms with Crippen molar-refractivity contribution in [1.82, 2.24) is 4.98 Å². The van der Waals surface area contributed by atoms with Crippen LogP contribution >= 0.6 is 0 Å². The molecule has 108 valence electrons. The summed E-state index contributed by atoms with van der Waals surface area (Å²) in [5.74, 6) is -0.131. The average molecular weight is 291 g/mol. The summed E-state index contributed by atoms with van der Waals surface area (Å²) in [6, 6.07) is 16.5. The van der Waals surface area contributed by atoms with Crippen LogP contribution in [-0.4, -0.2) is 21.0 Å². The van der Waals surface area contributed by atoms with E-state index in [9.17, 15) is 15.0 Å². The molecule has 1 heterocycles. The summed E-state index contributed by atoms with van der Waals surface area (Å²) in [6.07, 6.45) is 1.48. The van der Waals surface area contributed by atoms with E-state index < -0.39 is 0 Å². The number of phenols is 2. The van der Waals surface area contributed by atoms with Gasteiger partial charge in [-0.1, -0.05) is 12.1 Å². The minimum absolute atomic E-state index is 0.0462. The van der Waals surface area contributed by atoms with Gasteiger partial charge in [-0.3, -0.25) is 9.78 Å². The van der Waals surface area contributed by atoms with Crippen molar-refractivity contribution in [1.29, 1.82) is 0 Å². The number of hydrogen-bond acceptors (Lipinski definition) is 4. The highest BCUT2D eigenvalue weighted by molar-refractivity contribution is 6.10. The second-order valence-electron chi connectivity index (χ2n) is 4.83. The van der Waals surface area contributed by atoms with Gasteiger partial charge in [0, 0.05) is 17.3 Å². The summed E-state index contributed by atoms with van der Waals surface area (Å²) in [7, 11) is 0. The molecule has 0 fully saturated rings. The van der Waals surface area contributed by atoms with Crippen LogP contribution in [0.1, 0.15) is 15.9 Å². The number of aromatic nitrogens is 1. The Morgan fingerprint density at radius 1 is 0.864 bits per heavy atom. The predicted octanol–water partition coefficient (Wildman–Crippen LogP) is 3.39. The molecule has 22 heavy (non-hydrogen) atoms. The Morgan fingerprint density at radius 2 is 1.59 bits per heavy atom. The number of para-hydroxylation sites is 1. The Labute approximate surface area is 127 Å². The third-order valence-electron chi connectivity index (χ3n) is 3.34. The first-order valence-corrected chi connectivity index (χ1v) is 6.73. The normalized spacial score (nSPS) is 10.4. The lowest BCUT2D eigenvalue weighted by molar-refractivity contribution is 0.103. The van der Waals surface area contributed by atoms with E-state index in [0.29, 0.717) is 11.3 Å². The van der Waals surface area contributed by atoms with E-state index >= 15 is 0 Å². The van der Waals surface area contributed by atoms with Gasteiger partial charge in [0.2, 0.25) is 0 Å². The van der Waals surface area contributed by atoms with Crippen molar-refractivity contribution in [3.8, 4) is 22.8 Å². The van der Waals surface area contributed by atoms with E-state index in [4.69, 9.17) is 0 Å². The minimum atomic E-state index is -0.275. The van der Waals surface area contributed by atoms with Crippen molar-refractivity contribution < 1.29 is 15.0 Å². The first-order chi connectivity index (χ1) is 10.6. The van der Waals surface area contributed by atoms with Crippen molar-refractivity contribution in [2.45, 2.75) is 0 Å². The van der Waals surface area contributed by atoms with Crippen molar-refractivity contribution in [2.75, 3.05) is 0 Å². The number of nitrogens with zero attached hydrogens (tertiary/aromatic N) is 1. The first kappa shape index (κ1) is 13.8. The van der Waals surface area contributed by atoms with Gasteiger partial charge in [-0.25, -0.2) is 0 Å². The molecule has 0 saturated carbocycles. The zero-order valence-electron chi connectivity index (χ0n) is 11.6. The molecule has 0 aliphatic heterocycles. The largest absolute Gasteiger partial charge is 0.508 e. The minimum Gasteiger partial charge on any atom is -0.508 e. The van der Waals surface area contributed by atoms with Gasteiger partial charge in [0.1, 0.15) is 11.5 Å². The van der Waals surface area contributed by atoms with Gasteiger partial charge in [0.25, 0.3) is 0 Å². The van der Waals surface area contributed by atoms with Gasteiger partial charge in [0.15, 0.2) is 5.78 Å². The summed E-state index contributed by atoms with van der Waals surface area (Å²) in [4.78, 5) is 16.6. The molecule has 2 aromatic carbocycles. The van der Waals surface area contributed by atoms with Crippen molar-refractivity contribution in [3.05, 3.63) is 78.0 Å². The van der Waals surface area contributed by atoms with E-state index in [-0.39, 0.29) is 22.8 Å². The third kappa shape index (κ3) is 2.67. The lowest BCUT2D eigenvalue weighted by Gasteiger charge is -2.05. The van der Waals surface area contributed by atoms with E-state index in [1.165, 1.54) is 12.3 Å². The van der Waals surface area contributed by atoms with E-state index in [2.05, 4.69) is 4.98 Å². The maximum atomic E-state index is 12.3. The molecule has 3 rings (SSSR count). The first-order valence-electron chi connectivity index (χ1n) is 6.73. The number of ketones is 1. The molecule has 0 unspecified atom stereocenters. The fourth-order valence-corrected chi connectivity index (χ4v) is 2.15. The van der Waals surface area contributed by atoms with Crippen LogP contribution < -0.4 is 0 Å². The molecule has 0 saturated heterocycles. The van der Waals surface area contributed by atoms with Crippen LogP contribution in [0, 0.1) is 0 Å². The Morgan fingerprint density at radius 3 is 2.23 bits per heavy atom.